The minimum absolute atomic E-state index is 0.174. The van der Waals surface area contributed by atoms with Crippen molar-refractivity contribution in [1.29, 1.82) is 0 Å². The van der Waals surface area contributed by atoms with Crippen LogP contribution < -0.4 is 5.56 Å². The highest BCUT2D eigenvalue weighted by Gasteiger charge is 2.06. The predicted molar refractivity (Wildman–Crippen MR) is 60.5 cm³/mol. The maximum atomic E-state index is 13.0. The van der Waals surface area contributed by atoms with E-state index < -0.39 is 0 Å². The monoisotopic (exact) mass is 234 g/mol. The molecule has 0 atom stereocenters. The molecule has 0 aliphatic carbocycles. The van der Waals surface area contributed by atoms with E-state index in [0.717, 1.165) is 0 Å². The molecular weight excluding hydrogens is 223 g/mol. The van der Waals surface area contributed by atoms with E-state index in [2.05, 4.69) is 9.97 Å². The van der Waals surface area contributed by atoms with E-state index in [-0.39, 0.29) is 29.2 Å². The Balaban J connectivity index is 2.34. The summed E-state index contributed by atoms with van der Waals surface area (Å²) in [6.07, 6.45) is 0.265. The number of halogens is 1. The van der Waals surface area contributed by atoms with E-state index in [1.807, 2.05) is 0 Å². The van der Waals surface area contributed by atoms with Gasteiger partial charge in [0.2, 0.25) is 5.88 Å². The van der Waals surface area contributed by atoms with Gasteiger partial charge in [-0.2, -0.15) is 4.98 Å². The first-order valence-corrected chi connectivity index (χ1v) is 5.09. The lowest BCUT2D eigenvalue weighted by molar-refractivity contribution is 0.443. The fourth-order valence-electron chi connectivity index (χ4n) is 1.49. The standard InChI is InChI=1S/C12H11FN2O2/c1-7-11(16)14-10(15-12(7)17)6-8-3-2-4-9(13)5-8/h2-5H,6H2,1H3,(H2,14,15,16,17). The molecule has 0 aliphatic heterocycles. The molecule has 0 radical (unpaired) electrons. The van der Waals surface area contributed by atoms with E-state index in [4.69, 9.17) is 0 Å². The molecular formula is C12H11FN2O2. The highest BCUT2D eigenvalue weighted by Crippen LogP contribution is 2.11. The topological polar surface area (TPSA) is 66.0 Å². The summed E-state index contributed by atoms with van der Waals surface area (Å²) >= 11 is 0. The molecule has 1 heterocycles. The maximum absolute atomic E-state index is 13.0. The van der Waals surface area contributed by atoms with Crippen molar-refractivity contribution in [3.63, 3.8) is 0 Å². The van der Waals surface area contributed by atoms with Crippen molar-refractivity contribution in [2.45, 2.75) is 13.3 Å². The highest BCUT2D eigenvalue weighted by molar-refractivity contribution is 5.24. The molecule has 5 heteroatoms. The summed E-state index contributed by atoms with van der Waals surface area (Å²) < 4.78 is 13.0. The molecule has 0 bridgehead atoms. The largest absolute Gasteiger partial charge is 0.493 e. The zero-order valence-electron chi connectivity index (χ0n) is 9.20. The van der Waals surface area contributed by atoms with E-state index >= 15 is 0 Å². The number of H-pyrrole nitrogens is 1. The Bertz CT molecular complexity index is 608. The molecule has 1 aromatic heterocycles. The third-order valence-electron chi connectivity index (χ3n) is 2.44. The van der Waals surface area contributed by atoms with Crippen molar-refractivity contribution in [3.05, 3.63) is 57.4 Å². The second kappa shape index (κ2) is 4.37. The zero-order valence-corrected chi connectivity index (χ0v) is 9.20. The Morgan fingerprint density at radius 3 is 2.88 bits per heavy atom. The van der Waals surface area contributed by atoms with Gasteiger partial charge in [-0.05, 0) is 24.6 Å². The van der Waals surface area contributed by atoms with Crippen LogP contribution in [0.3, 0.4) is 0 Å². The smallest absolute Gasteiger partial charge is 0.257 e. The summed E-state index contributed by atoms with van der Waals surface area (Å²) in [5.74, 6) is -0.329. The minimum Gasteiger partial charge on any atom is -0.493 e. The number of hydrogen-bond donors (Lipinski definition) is 2. The lowest BCUT2D eigenvalue weighted by atomic mass is 10.1. The molecule has 0 amide bonds. The first-order chi connectivity index (χ1) is 8.06. The maximum Gasteiger partial charge on any atom is 0.257 e. The summed E-state index contributed by atoms with van der Waals surface area (Å²) in [5.41, 5.74) is 0.466. The number of aromatic amines is 1. The molecule has 0 aliphatic rings. The van der Waals surface area contributed by atoms with Gasteiger partial charge in [-0.15, -0.1) is 0 Å². The molecule has 4 nitrogen and oxygen atoms in total. The van der Waals surface area contributed by atoms with Gasteiger partial charge in [0, 0.05) is 6.42 Å². The van der Waals surface area contributed by atoms with Crippen molar-refractivity contribution >= 4 is 0 Å². The molecule has 0 unspecified atom stereocenters. The summed E-state index contributed by atoms with van der Waals surface area (Å²) in [6.45, 7) is 1.48. The van der Waals surface area contributed by atoms with Crippen LogP contribution in [-0.2, 0) is 6.42 Å². The van der Waals surface area contributed by atoms with Crippen LogP contribution >= 0.6 is 0 Å². The summed E-state index contributed by atoms with van der Waals surface area (Å²) in [6, 6.07) is 6.00. The number of nitrogens with one attached hydrogen (secondary N) is 1. The van der Waals surface area contributed by atoms with Crippen molar-refractivity contribution in [3.8, 4) is 5.88 Å². The van der Waals surface area contributed by atoms with Crippen LogP contribution in [0.4, 0.5) is 4.39 Å². The molecule has 1 aromatic carbocycles. The van der Waals surface area contributed by atoms with Gasteiger partial charge in [0.1, 0.15) is 11.6 Å². The van der Waals surface area contributed by atoms with E-state index in [1.54, 1.807) is 12.1 Å². The number of aromatic nitrogens is 2. The van der Waals surface area contributed by atoms with Crippen molar-refractivity contribution in [1.82, 2.24) is 9.97 Å². The third-order valence-corrected chi connectivity index (χ3v) is 2.44. The number of aromatic hydroxyl groups is 1. The average Bonchev–Trinajstić information content (AvgIpc) is 2.26. The van der Waals surface area contributed by atoms with E-state index in [0.29, 0.717) is 11.4 Å². The van der Waals surface area contributed by atoms with Gasteiger partial charge < -0.3 is 10.1 Å². The lowest BCUT2D eigenvalue weighted by Crippen LogP contribution is -2.14. The number of rotatable bonds is 2. The van der Waals surface area contributed by atoms with Gasteiger partial charge in [-0.1, -0.05) is 12.1 Å². The van der Waals surface area contributed by atoms with Gasteiger partial charge in [-0.25, -0.2) is 4.39 Å². The van der Waals surface area contributed by atoms with Gasteiger partial charge in [0.15, 0.2) is 0 Å². The minimum atomic E-state index is -0.385. The Hall–Kier alpha value is -2.17. The molecule has 0 spiro atoms. The predicted octanol–water partition coefficient (Wildman–Crippen LogP) is 1.51. The van der Waals surface area contributed by atoms with Crippen LogP contribution in [0.2, 0.25) is 0 Å². The van der Waals surface area contributed by atoms with Gasteiger partial charge in [-0.3, -0.25) is 4.79 Å². The van der Waals surface area contributed by atoms with Crippen LogP contribution in [0.5, 0.6) is 5.88 Å². The molecule has 2 aromatic rings. The van der Waals surface area contributed by atoms with Gasteiger partial charge in [0.25, 0.3) is 5.56 Å². The molecule has 2 N–H and O–H groups in total. The fourth-order valence-corrected chi connectivity index (χ4v) is 1.49. The van der Waals surface area contributed by atoms with Crippen LogP contribution in [0, 0.1) is 12.7 Å². The van der Waals surface area contributed by atoms with E-state index in [1.165, 1.54) is 19.1 Å². The Labute approximate surface area is 96.8 Å². The van der Waals surface area contributed by atoms with Crippen LogP contribution in [-0.4, -0.2) is 15.1 Å². The van der Waals surface area contributed by atoms with Gasteiger partial charge >= 0.3 is 0 Å². The lowest BCUT2D eigenvalue weighted by Gasteiger charge is -2.03. The van der Waals surface area contributed by atoms with Crippen LogP contribution in [0.15, 0.2) is 29.1 Å². The first-order valence-electron chi connectivity index (χ1n) is 5.09. The molecule has 0 fully saturated rings. The number of hydrogen-bond acceptors (Lipinski definition) is 3. The quantitative estimate of drug-likeness (QED) is 0.827. The number of nitrogens with zero attached hydrogens (tertiary/aromatic N) is 1. The summed E-state index contributed by atoms with van der Waals surface area (Å²) in [5, 5.41) is 9.41. The fraction of sp³-hybridized carbons (Fsp3) is 0.167. The normalized spacial score (nSPS) is 10.5. The molecule has 88 valence electrons. The average molecular weight is 234 g/mol. The summed E-state index contributed by atoms with van der Waals surface area (Å²) in [7, 11) is 0. The Kier molecular flexibility index (Phi) is 2.91. The summed E-state index contributed by atoms with van der Waals surface area (Å²) in [4.78, 5) is 17.8. The van der Waals surface area contributed by atoms with Crippen LogP contribution in [0.25, 0.3) is 0 Å². The highest BCUT2D eigenvalue weighted by atomic mass is 19.1. The molecule has 2 rings (SSSR count). The third kappa shape index (κ3) is 2.50. The van der Waals surface area contributed by atoms with Crippen molar-refractivity contribution < 1.29 is 9.50 Å². The Morgan fingerprint density at radius 1 is 1.47 bits per heavy atom. The molecule has 17 heavy (non-hydrogen) atoms. The SMILES string of the molecule is Cc1c(O)nc(Cc2cccc(F)c2)[nH]c1=O. The molecule has 0 saturated heterocycles. The Morgan fingerprint density at radius 2 is 2.24 bits per heavy atom. The first kappa shape index (κ1) is 11.3. The van der Waals surface area contributed by atoms with Crippen molar-refractivity contribution in [2.75, 3.05) is 0 Å². The second-order valence-corrected chi connectivity index (χ2v) is 3.77. The number of benzene rings is 1. The zero-order chi connectivity index (χ0) is 12.4. The van der Waals surface area contributed by atoms with Crippen molar-refractivity contribution in [2.24, 2.45) is 0 Å². The van der Waals surface area contributed by atoms with Gasteiger partial charge in [0.05, 0.1) is 5.56 Å². The molecule has 0 saturated carbocycles. The van der Waals surface area contributed by atoms with E-state index in [9.17, 15) is 14.3 Å². The van der Waals surface area contributed by atoms with Crippen LogP contribution in [0.1, 0.15) is 17.0 Å². The second-order valence-electron chi connectivity index (χ2n) is 3.77.